The lowest BCUT2D eigenvalue weighted by Crippen LogP contribution is -2.02. The first kappa shape index (κ1) is 61.0. The zero-order valence-electron chi connectivity index (χ0n) is 52.3. The van der Waals surface area contributed by atoms with Crippen LogP contribution in [0.5, 0.6) is 0 Å². The van der Waals surface area contributed by atoms with Gasteiger partial charge in [0.2, 0.25) is 0 Å². The second-order valence-electron chi connectivity index (χ2n) is 23.3. The highest BCUT2D eigenvalue weighted by molar-refractivity contribution is 6.33. The van der Waals surface area contributed by atoms with Gasteiger partial charge < -0.3 is 15.4 Å². The predicted octanol–water partition coefficient (Wildman–Crippen LogP) is 17.0. The molecular formula is C83H54BN11O3. The molecule has 14 nitrogen and oxygen atoms in total. The molecule has 10 aromatic carbocycles. The zero-order chi connectivity index (χ0) is 63.9. The molecule has 98 heavy (non-hydrogen) atoms. The second-order valence-corrected chi connectivity index (χ2v) is 23.3. The molecule has 462 valence electrons. The van der Waals surface area contributed by atoms with Crippen molar-refractivity contribution in [2.45, 2.75) is 0 Å². The first-order valence-electron chi connectivity index (χ1n) is 31.4. The van der Waals surface area contributed by atoms with E-state index in [0.717, 1.165) is 144 Å². The summed E-state index contributed by atoms with van der Waals surface area (Å²) in [5.74, 6) is 3.80. The normalized spacial score (nSPS) is 11.1. The van der Waals surface area contributed by atoms with Crippen molar-refractivity contribution in [2.75, 3.05) is 0 Å². The van der Waals surface area contributed by atoms with Crippen molar-refractivity contribution in [1.82, 2.24) is 54.8 Å². The van der Waals surface area contributed by atoms with E-state index in [1.807, 2.05) is 195 Å². The number of pyridine rings is 5. The first-order valence-corrected chi connectivity index (χ1v) is 31.4. The van der Waals surface area contributed by atoms with Crippen molar-refractivity contribution in [1.29, 1.82) is 0 Å². The van der Waals surface area contributed by atoms with Gasteiger partial charge in [0.25, 0.3) is 0 Å². The molecule has 0 amide bonds. The van der Waals surface area contributed by atoms with Crippen LogP contribution in [0, 0.1) is 0 Å². The highest BCUT2D eigenvalue weighted by atomic mass is 16.3. The van der Waals surface area contributed by atoms with Crippen molar-refractivity contribution < 1.29 is 15.4 Å². The summed E-state index contributed by atoms with van der Waals surface area (Å²) in [6.07, 6.45) is 9.24. The number of benzene rings is 10. The number of rotatable bonds is 10. The smallest absolute Gasteiger partial charge is 0.164 e. The predicted molar refractivity (Wildman–Crippen MR) is 393 cm³/mol. The summed E-state index contributed by atoms with van der Waals surface area (Å²) in [4.78, 5) is 52.9. The monoisotopic (exact) mass is 1260 g/mol. The molecule has 0 saturated carbocycles. The fourth-order valence-corrected chi connectivity index (χ4v) is 12.3. The van der Waals surface area contributed by atoms with Gasteiger partial charge in [-0.25, -0.2) is 29.9 Å². The van der Waals surface area contributed by atoms with Crippen LogP contribution >= 0.6 is 0 Å². The van der Waals surface area contributed by atoms with Crippen molar-refractivity contribution >= 4 is 79.0 Å². The molecule has 0 fully saturated rings. The molecular weight excluding hydrogens is 1210 g/mol. The van der Waals surface area contributed by atoms with Gasteiger partial charge in [-0.2, -0.15) is 0 Å². The summed E-state index contributed by atoms with van der Waals surface area (Å²) in [6.45, 7) is 0. The Morgan fingerprint density at radius 1 is 0.235 bits per heavy atom. The third-order valence-electron chi connectivity index (χ3n) is 17.1. The van der Waals surface area contributed by atoms with E-state index in [0.29, 0.717) is 40.4 Å². The van der Waals surface area contributed by atoms with E-state index in [9.17, 15) is 0 Å². The number of para-hydroxylation sites is 1. The fraction of sp³-hybridized carbons (Fsp3) is 0. The van der Waals surface area contributed by atoms with Gasteiger partial charge in [0.05, 0.1) is 22.1 Å². The first-order chi connectivity index (χ1) is 47.4. The number of fused-ring (bicyclic) bond motifs is 9. The van der Waals surface area contributed by atoms with Crippen LogP contribution in [0.25, 0.3) is 179 Å². The summed E-state index contributed by atoms with van der Waals surface area (Å²) in [7, 11) is 5.90. The SMILES string of the molecule is O.O.[B]c1cnc2c(ccc3cc(-c4ccc(-c5nc(-c6ccccc6)nc(-c6ccccc6)n5)cc4)cnc32)c1.c1ccc(-c2nc(-c3ccccc3)nc(-c3ccc(-c4cnc5c(ccc6cc(-c7cccc8c7oc7c(-c9ccccc9)ccnc78)cnc65)c4)cc3)n2)cc1. The van der Waals surface area contributed by atoms with E-state index >= 15 is 0 Å². The van der Waals surface area contributed by atoms with Gasteiger partial charge in [-0.05, 0) is 47.0 Å². The molecule has 0 aliphatic carbocycles. The van der Waals surface area contributed by atoms with Crippen LogP contribution in [0.1, 0.15) is 0 Å². The van der Waals surface area contributed by atoms with Crippen molar-refractivity contribution in [2.24, 2.45) is 0 Å². The average Bonchev–Trinajstić information content (AvgIpc) is 1.51. The summed E-state index contributed by atoms with van der Waals surface area (Å²) in [6, 6.07) is 91.7. The van der Waals surface area contributed by atoms with Crippen LogP contribution in [-0.4, -0.2) is 73.6 Å². The van der Waals surface area contributed by atoms with E-state index in [2.05, 4.69) is 108 Å². The van der Waals surface area contributed by atoms with Crippen LogP contribution in [0.2, 0.25) is 0 Å². The molecule has 15 heteroatoms. The summed E-state index contributed by atoms with van der Waals surface area (Å²) in [5, 5.41) is 5.00. The third kappa shape index (κ3) is 11.8. The van der Waals surface area contributed by atoms with Crippen molar-refractivity contribution in [3.8, 4) is 113 Å². The molecule has 0 spiro atoms. The Kier molecular flexibility index (Phi) is 16.4. The Morgan fingerprint density at radius 2 is 0.561 bits per heavy atom. The van der Waals surface area contributed by atoms with E-state index < -0.39 is 0 Å². The van der Waals surface area contributed by atoms with Crippen LogP contribution in [-0.2, 0) is 0 Å². The van der Waals surface area contributed by atoms with Crippen LogP contribution < -0.4 is 5.46 Å². The lowest BCUT2D eigenvalue weighted by molar-refractivity contribution is 0.670. The molecule has 2 radical (unpaired) electrons. The molecule has 0 aliphatic heterocycles. The minimum atomic E-state index is 0. The van der Waals surface area contributed by atoms with Crippen molar-refractivity contribution in [3.63, 3.8) is 0 Å². The number of nitrogens with zero attached hydrogens (tertiary/aromatic N) is 11. The van der Waals surface area contributed by atoms with Gasteiger partial charge in [-0.3, -0.25) is 24.9 Å². The van der Waals surface area contributed by atoms with Crippen LogP contribution in [0.3, 0.4) is 0 Å². The summed E-state index contributed by atoms with van der Waals surface area (Å²) >= 11 is 0. The van der Waals surface area contributed by atoms with Gasteiger partial charge in [0, 0.05) is 119 Å². The maximum atomic E-state index is 6.63. The Bertz CT molecular complexity index is 5840. The number of hydrogen-bond acceptors (Lipinski definition) is 12. The molecule has 0 saturated heterocycles. The average molecular weight is 1260 g/mol. The Hall–Kier alpha value is -13.2. The lowest BCUT2D eigenvalue weighted by Gasteiger charge is -2.10. The minimum Gasteiger partial charge on any atom is -0.453 e. The molecule has 0 unspecified atom stereocenters. The molecule has 8 aromatic heterocycles. The summed E-state index contributed by atoms with van der Waals surface area (Å²) in [5.41, 5.74) is 20.2. The highest BCUT2D eigenvalue weighted by Gasteiger charge is 2.20. The molecule has 0 bridgehead atoms. The van der Waals surface area contributed by atoms with Gasteiger partial charge >= 0.3 is 0 Å². The maximum absolute atomic E-state index is 6.63. The summed E-state index contributed by atoms with van der Waals surface area (Å²) < 4.78 is 6.63. The second kappa shape index (κ2) is 26.3. The highest BCUT2D eigenvalue weighted by Crippen LogP contribution is 2.40. The van der Waals surface area contributed by atoms with E-state index in [4.69, 9.17) is 62.1 Å². The lowest BCUT2D eigenvalue weighted by atomic mass is 9.96. The van der Waals surface area contributed by atoms with Gasteiger partial charge in [-0.1, -0.05) is 248 Å². The van der Waals surface area contributed by atoms with E-state index in [1.165, 1.54) is 0 Å². The largest absolute Gasteiger partial charge is 0.453 e. The topological polar surface area (TPSA) is 218 Å². The van der Waals surface area contributed by atoms with Crippen molar-refractivity contribution in [3.05, 3.63) is 304 Å². The zero-order valence-corrected chi connectivity index (χ0v) is 52.3. The molecule has 8 heterocycles. The Balaban J connectivity index is 0.000000168. The number of hydrogen-bond donors (Lipinski definition) is 0. The van der Waals surface area contributed by atoms with Gasteiger partial charge in [-0.15, -0.1) is 0 Å². The number of aromatic nitrogens is 11. The third-order valence-corrected chi connectivity index (χ3v) is 17.1. The number of furan rings is 1. The minimum absolute atomic E-state index is 0. The Labute approximate surface area is 562 Å². The van der Waals surface area contributed by atoms with Gasteiger partial charge in [0.15, 0.2) is 40.5 Å². The molecule has 18 aromatic rings. The standard InChI is InChI=1S/C50H30N6O.C33H20BN5.2H2O/c1-4-11-32(12-5-1)41-25-26-51-45-42-18-10-17-40(46(42)57-47(41)45)39-28-37-24-23-36-27-38(29-52-43(36)44(37)53-30-39)31-19-21-35(22-20-31)50-55-48(33-13-6-2-7-14-33)54-49(56-50)34-15-8-3-9-16-34;34-28-18-26-16-15-25-17-27(19-35-29(25)30(26)36-20-28)21-11-13-24(14-12-21)33-38-31(22-7-3-1-4-8-22)37-32(39-33)23-9-5-2-6-10-23;;/h1-30H;1-20H;2*1H2. The van der Waals surface area contributed by atoms with Crippen LogP contribution in [0.4, 0.5) is 0 Å². The fourth-order valence-electron chi connectivity index (χ4n) is 12.3. The molecule has 0 aliphatic rings. The Morgan fingerprint density at radius 3 is 0.969 bits per heavy atom. The quantitative estimate of drug-likeness (QED) is 0.0922. The molecule has 0 atom stereocenters. The van der Waals surface area contributed by atoms with Crippen LogP contribution in [0.15, 0.2) is 308 Å². The maximum Gasteiger partial charge on any atom is 0.164 e. The van der Waals surface area contributed by atoms with E-state index in [1.54, 1.807) is 6.20 Å². The molecule has 4 N–H and O–H groups in total. The molecule has 18 rings (SSSR count). The van der Waals surface area contributed by atoms with Gasteiger partial charge in [0.1, 0.15) is 18.9 Å². The van der Waals surface area contributed by atoms with E-state index in [-0.39, 0.29) is 11.0 Å².